The first-order chi connectivity index (χ1) is 10.3. The van der Waals surface area contributed by atoms with Crippen LogP contribution in [0.5, 0.6) is 0 Å². The molecule has 2 N–H and O–H groups in total. The number of rotatable bonds is 2. The summed E-state index contributed by atoms with van der Waals surface area (Å²) in [5, 5.41) is 15.3. The second kappa shape index (κ2) is 4.76. The van der Waals surface area contributed by atoms with Crippen molar-refractivity contribution in [1.82, 2.24) is 4.98 Å². The average Bonchev–Trinajstić information content (AvgIpc) is 3.06. The predicted molar refractivity (Wildman–Crippen MR) is 86.3 cm³/mol. The van der Waals surface area contributed by atoms with Crippen molar-refractivity contribution in [1.29, 1.82) is 0 Å². The Morgan fingerprint density at radius 3 is 1.95 bits per heavy atom. The Bertz CT molecular complexity index is 855. The third-order valence-corrected chi connectivity index (χ3v) is 4.00. The molecule has 3 aromatic carbocycles. The summed E-state index contributed by atoms with van der Waals surface area (Å²) in [7, 11) is 0. The molecule has 2 heteroatoms. The summed E-state index contributed by atoms with van der Waals surface area (Å²) in [5.41, 5.74) is 1.78. The number of hydrogen-bond acceptors (Lipinski definition) is 1. The van der Waals surface area contributed by atoms with Gasteiger partial charge in [-0.3, -0.25) is 0 Å². The summed E-state index contributed by atoms with van der Waals surface area (Å²) in [6, 6.07) is 22.4. The van der Waals surface area contributed by atoms with Crippen LogP contribution in [0.3, 0.4) is 0 Å². The van der Waals surface area contributed by atoms with E-state index in [1.54, 1.807) is 0 Å². The number of hydrogen-bond donors (Lipinski definition) is 2. The Balaban J connectivity index is 2.11. The molecule has 1 atom stereocenters. The Morgan fingerprint density at radius 1 is 0.762 bits per heavy atom. The molecule has 0 spiro atoms. The molecule has 4 aromatic rings. The first-order valence-corrected chi connectivity index (χ1v) is 7.06. The second-order valence-electron chi connectivity index (χ2n) is 5.26. The largest absolute Gasteiger partial charge is 0.382 e. The third-order valence-electron chi connectivity index (χ3n) is 4.00. The van der Waals surface area contributed by atoms with Crippen molar-refractivity contribution in [3.63, 3.8) is 0 Å². The Hall–Kier alpha value is -2.58. The fourth-order valence-electron chi connectivity index (χ4n) is 3.01. The number of nitrogens with one attached hydrogen (secondary N) is 1. The fraction of sp³-hybridized carbons (Fsp3) is 0.0526. The maximum Gasteiger partial charge on any atom is 0.120 e. The van der Waals surface area contributed by atoms with Gasteiger partial charge in [0, 0.05) is 17.5 Å². The fourth-order valence-corrected chi connectivity index (χ4v) is 3.01. The van der Waals surface area contributed by atoms with E-state index < -0.39 is 6.10 Å². The summed E-state index contributed by atoms with van der Waals surface area (Å²) < 4.78 is 0. The smallest absolute Gasteiger partial charge is 0.120 e. The predicted octanol–water partition coefficient (Wildman–Crippen LogP) is 4.40. The number of aromatic amines is 1. The molecule has 0 aliphatic rings. The summed E-state index contributed by atoms with van der Waals surface area (Å²) in [6.45, 7) is 0. The van der Waals surface area contributed by atoms with Gasteiger partial charge in [-0.25, -0.2) is 0 Å². The molecule has 0 saturated carbocycles. The molecule has 0 fully saturated rings. The van der Waals surface area contributed by atoms with E-state index in [2.05, 4.69) is 35.3 Å². The quantitative estimate of drug-likeness (QED) is 0.522. The zero-order valence-electron chi connectivity index (χ0n) is 11.5. The lowest BCUT2D eigenvalue weighted by Crippen LogP contribution is -2.02. The topological polar surface area (TPSA) is 36.0 Å². The lowest BCUT2D eigenvalue weighted by molar-refractivity contribution is 0.219. The Morgan fingerprint density at radius 2 is 1.38 bits per heavy atom. The normalized spacial score (nSPS) is 12.8. The van der Waals surface area contributed by atoms with E-state index in [0.717, 1.165) is 32.8 Å². The number of benzene rings is 3. The summed E-state index contributed by atoms with van der Waals surface area (Å²) in [5.74, 6) is 0. The lowest BCUT2D eigenvalue weighted by atomic mass is 9.92. The van der Waals surface area contributed by atoms with E-state index in [4.69, 9.17) is 0 Å². The van der Waals surface area contributed by atoms with E-state index in [-0.39, 0.29) is 0 Å². The third kappa shape index (κ3) is 1.92. The van der Waals surface area contributed by atoms with Crippen LogP contribution in [-0.2, 0) is 0 Å². The van der Waals surface area contributed by atoms with Gasteiger partial charge in [-0.15, -0.1) is 0 Å². The van der Waals surface area contributed by atoms with E-state index in [1.165, 1.54) is 0 Å². The zero-order chi connectivity index (χ0) is 14.2. The van der Waals surface area contributed by atoms with Crippen LogP contribution >= 0.6 is 0 Å². The molecule has 0 radical (unpaired) electrons. The first-order valence-electron chi connectivity index (χ1n) is 7.06. The van der Waals surface area contributed by atoms with Gasteiger partial charge in [-0.2, -0.15) is 0 Å². The van der Waals surface area contributed by atoms with Gasteiger partial charge in [0.25, 0.3) is 0 Å². The van der Waals surface area contributed by atoms with Crippen molar-refractivity contribution in [3.8, 4) is 0 Å². The van der Waals surface area contributed by atoms with Crippen molar-refractivity contribution >= 4 is 21.5 Å². The molecule has 102 valence electrons. The monoisotopic (exact) mass is 273 g/mol. The molecule has 0 aliphatic carbocycles. The second-order valence-corrected chi connectivity index (χ2v) is 5.26. The maximum atomic E-state index is 10.8. The lowest BCUT2D eigenvalue weighted by Gasteiger charge is -2.16. The van der Waals surface area contributed by atoms with Crippen molar-refractivity contribution in [2.45, 2.75) is 6.10 Å². The highest BCUT2D eigenvalue weighted by Gasteiger charge is 2.17. The minimum atomic E-state index is -0.656. The number of aliphatic hydroxyl groups excluding tert-OH is 1. The molecule has 1 unspecified atom stereocenters. The SMILES string of the molecule is OC(c1ccc[nH]1)c1c2ccccc2cc2ccccc12. The zero-order valence-corrected chi connectivity index (χ0v) is 11.5. The number of aliphatic hydroxyl groups is 1. The molecular weight excluding hydrogens is 258 g/mol. The van der Waals surface area contributed by atoms with E-state index in [9.17, 15) is 5.11 Å². The summed E-state index contributed by atoms with van der Waals surface area (Å²) in [4.78, 5) is 3.11. The molecule has 21 heavy (non-hydrogen) atoms. The highest BCUT2D eigenvalue weighted by molar-refractivity contribution is 6.02. The molecule has 0 bridgehead atoms. The van der Waals surface area contributed by atoms with Crippen LogP contribution in [0.4, 0.5) is 0 Å². The molecule has 1 heterocycles. The molecule has 2 nitrogen and oxygen atoms in total. The van der Waals surface area contributed by atoms with Gasteiger partial charge >= 0.3 is 0 Å². The van der Waals surface area contributed by atoms with Crippen LogP contribution in [0, 0.1) is 0 Å². The van der Waals surface area contributed by atoms with Gasteiger partial charge in [-0.1, -0.05) is 48.5 Å². The highest BCUT2D eigenvalue weighted by Crippen LogP contribution is 2.35. The molecular formula is C19H15NO. The Kier molecular flexibility index (Phi) is 2.76. The molecule has 0 saturated heterocycles. The van der Waals surface area contributed by atoms with Gasteiger partial charge in [0.05, 0.1) is 0 Å². The number of fused-ring (bicyclic) bond motifs is 2. The van der Waals surface area contributed by atoms with Crippen LogP contribution in [0.15, 0.2) is 72.9 Å². The standard InChI is InChI=1S/C19H15NO/c21-19(17-10-5-11-20-17)18-15-8-3-1-6-13(15)12-14-7-2-4-9-16(14)18/h1-12,19-21H. The number of aromatic nitrogens is 1. The highest BCUT2D eigenvalue weighted by atomic mass is 16.3. The van der Waals surface area contributed by atoms with Gasteiger partial charge in [0.2, 0.25) is 0 Å². The molecule has 0 amide bonds. The first kappa shape index (κ1) is 12.2. The number of H-pyrrole nitrogens is 1. The van der Waals surface area contributed by atoms with Crippen LogP contribution in [0.1, 0.15) is 17.4 Å². The summed E-state index contributed by atoms with van der Waals surface area (Å²) >= 11 is 0. The van der Waals surface area contributed by atoms with Crippen LogP contribution < -0.4 is 0 Å². The van der Waals surface area contributed by atoms with E-state index in [0.29, 0.717) is 0 Å². The minimum absolute atomic E-state index is 0.656. The molecule has 1 aromatic heterocycles. The molecule has 4 rings (SSSR count). The van der Waals surface area contributed by atoms with Crippen LogP contribution in [0.2, 0.25) is 0 Å². The average molecular weight is 273 g/mol. The van der Waals surface area contributed by atoms with Crippen molar-refractivity contribution in [2.24, 2.45) is 0 Å². The van der Waals surface area contributed by atoms with Gasteiger partial charge in [0.15, 0.2) is 0 Å². The van der Waals surface area contributed by atoms with Crippen molar-refractivity contribution in [2.75, 3.05) is 0 Å². The summed E-state index contributed by atoms with van der Waals surface area (Å²) in [6.07, 6.45) is 1.18. The van der Waals surface area contributed by atoms with Gasteiger partial charge in [0.1, 0.15) is 6.10 Å². The molecule has 0 aliphatic heterocycles. The maximum absolute atomic E-state index is 10.8. The van der Waals surface area contributed by atoms with Crippen LogP contribution in [-0.4, -0.2) is 10.1 Å². The van der Waals surface area contributed by atoms with E-state index >= 15 is 0 Å². The minimum Gasteiger partial charge on any atom is -0.382 e. The van der Waals surface area contributed by atoms with Gasteiger partial charge < -0.3 is 10.1 Å². The van der Waals surface area contributed by atoms with Crippen molar-refractivity contribution < 1.29 is 5.11 Å². The van der Waals surface area contributed by atoms with Crippen LogP contribution in [0.25, 0.3) is 21.5 Å². The Labute approximate surface area is 122 Å². The van der Waals surface area contributed by atoms with Crippen molar-refractivity contribution in [3.05, 3.63) is 84.2 Å². The van der Waals surface area contributed by atoms with E-state index in [1.807, 2.05) is 42.6 Å². The van der Waals surface area contributed by atoms with Gasteiger partial charge in [-0.05, 0) is 39.7 Å².